The number of aryl methyl sites for hydroxylation is 1. The van der Waals surface area contributed by atoms with Crippen molar-refractivity contribution in [2.75, 3.05) is 5.73 Å². The first-order chi connectivity index (χ1) is 8.60. The number of benzene rings is 1. The van der Waals surface area contributed by atoms with Gasteiger partial charge in [0.25, 0.3) is 0 Å². The zero-order valence-electron chi connectivity index (χ0n) is 9.87. The van der Waals surface area contributed by atoms with E-state index in [0.717, 1.165) is 11.3 Å². The van der Waals surface area contributed by atoms with Crippen LogP contribution in [0.2, 0.25) is 10.0 Å². The molecule has 5 heteroatoms. The van der Waals surface area contributed by atoms with Gasteiger partial charge in [-0.25, -0.2) is 0 Å². The molecule has 0 bridgehead atoms. The second-order valence-corrected chi connectivity index (χ2v) is 5.88. The Morgan fingerprint density at radius 2 is 1.83 bits per heavy atom. The summed E-state index contributed by atoms with van der Waals surface area (Å²) in [6, 6.07) is 7.43. The fourth-order valence-corrected chi connectivity index (χ4v) is 2.70. The Balaban J connectivity index is 2.08. The number of hydrogen-bond donors (Lipinski definition) is 1. The number of rotatable bonds is 4. The summed E-state index contributed by atoms with van der Waals surface area (Å²) in [5, 5.41) is 0.882. The smallest absolute Gasteiger partial charge is 0.144 e. The molecule has 0 amide bonds. The van der Waals surface area contributed by atoms with Gasteiger partial charge in [0.15, 0.2) is 0 Å². The molecule has 0 fully saturated rings. The highest BCUT2D eigenvalue weighted by atomic mass is 35.5. The van der Waals surface area contributed by atoms with Gasteiger partial charge in [-0.05, 0) is 24.6 Å². The van der Waals surface area contributed by atoms with Gasteiger partial charge in [0.1, 0.15) is 12.4 Å². The lowest BCUT2D eigenvalue weighted by molar-refractivity contribution is 0.311. The molecule has 2 nitrogen and oxygen atoms in total. The molecule has 96 valence electrons. The van der Waals surface area contributed by atoms with Crippen LogP contribution in [-0.2, 0) is 13.0 Å². The third-order valence-corrected chi connectivity index (χ3v) is 4.41. The summed E-state index contributed by atoms with van der Waals surface area (Å²) < 4.78 is 5.66. The summed E-state index contributed by atoms with van der Waals surface area (Å²) in [6.45, 7) is 2.63. The minimum atomic E-state index is 0.436. The predicted molar refractivity (Wildman–Crippen MR) is 78.9 cm³/mol. The van der Waals surface area contributed by atoms with Crippen LogP contribution in [0.4, 0.5) is 5.69 Å². The highest BCUT2D eigenvalue weighted by Gasteiger charge is 2.07. The second kappa shape index (κ2) is 5.83. The van der Waals surface area contributed by atoms with E-state index in [1.54, 1.807) is 23.5 Å². The largest absolute Gasteiger partial charge is 0.486 e. The highest BCUT2D eigenvalue weighted by molar-refractivity contribution is 7.11. The third-order valence-electron chi connectivity index (χ3n) is 2.49. The molecule has 2 rings (SSSR count). The van der Waals surface area contributed by atoms with Crippen molar-refractivity contribution in [1.82, 2.24) is 0 Å². The van der Waals surface area contributed by atoms with E-state index in [9.17, 15) is 0 Å². The van der Waals surface area contributed by atoms with E-state index in [1.165, 1.54) is 4.88 Å². The molecule has 0 atom stereocenters. The molecule has 0 spiro atoms. The normalized spacial score (nSPS) is 10.6. The topological polar surface area (TPSA) is 35.2 Å². The molecule has 0 radical (unpaired) electrons. The summed E-state index contributed by atoms with van der Waals surface area (Å²) in [6.07, 6.45) is 1.04. The van der Waals surface area contributed by atoms with Gasteiger partial charge in [-0.15, -0.1) is 11.3 Å². The molecule has 0 unspecified atom stereocenters. The molecule has 0 aliphatic heterocycles. The minimum Gasteiger partial charge on any atom is -0.486 e. The third kappa shape index (κ3) is 3.10. The van der Waals surface area contributed by atoms with Crippen molar-refractivity contribution in [1.29, 1.82) is 0 Å². The molecule has 0 saturated carbocycles. The summed E-state index contributed by atoms with van der Waals surface area (Å²) >= 11 is 13.5. The van der Waals surface area contributed by atoms with Gasteiger partial charge < -0.3 is 10.5 Å². The first kappa shape index (κ1) is 13.5. The van der Waals surface area contributed by atoms with Crippen LogP contribution in [0.15, 0.2) is 24.3 Å². The quantitative estimate of drug-likeness (QED) is 0.825. The van der Waals surface area contributed by atoms with Crippen LogP contribution < -0.4 is 10.5 Å². The maximum atomic E-state index is 5.93. The van der Waals surface area contributed by atoms with Crippen LogP contribution in [0, 0.1) is 0 Å². The highest BCUT2D eigenvalue weighted by Crippen LogP contribution is 2.33. The zero-order valence-corrected chi connectivity index (χ0v) is 12.2. The van der Waals surface area contributed by atoms with Crippen molar-refractivity contribution < 1.29 is 4.74 Å². The number of nitrogens with two attached hydrogens (primary N) is 1. The standard InChI is InChI=1S/C13H13Cl2NOS/c1-2-8-3-4-9(18-8)7-17-13-6-11(15)10(14)5-12(13)16/h3-6H,2,7,16H2,1H3. The molecule has 1 aromatic carbocycles. The molecule has 2 aromatic rings. The number of anilines is 1. The molecule has 0 aliphatic carbocycles. The molecule has 2 N–H and O–H groups in total. The van der Waals surface area contributed by atoms with E-state index in [1.807, 2.05) is 0 Å². The predicted octanol–water partition coefficient (Wildman–Crippen LogP) is 4.78. The van der Waals surface area contributed by atoms with Crippen molar-refractivity contribution in [3.05, 3.63) is 44.1 Å². The van der Waals surface area contributed by atoms with Crippen LogP contribution in [0.1, 0.15) is 16.7 Å². The molecule has 0 saturated heterocycles. The summed E-state index contributed by atoms with van der Waals surface area (Å²) in [5.74, 6) is 0.566. The monoisotopic (exact) mass is 301 g/mol. The van der Waals surface area contributed by atoms with Gasteiger partial charge in [0.2, 0.25) is 0 Å². The van der Waals surface area contributed by atoms with E-state index in [2.05, 4.69) is 19.1 Å². The molecule has 1 aromatic heterocycles. The fraction of sp³-hybridized carbons (Fsp3) is 0.231. The first-order valence-corrected chi connectivity index (χ1v) is 7.12. The zero-order chi connectivity index (χ0) is 13.1. The van der Waals surface area contributed by atoms with Crippen molar-refractivity contribution in [2.45, 2.75) is 20.0 Å². The number of nitrogen functional groups attached to an aromatic ring is 1. The van der Waals surface area contributed by atoms with Gasteiger partial charge in [0, 0.05) is 15.8 Å². The Labute approximate surface area is 120 Å². The number of thiophene rings is 1. The van der Waals surface area contributed by atoms with E-state index in [0.29, 0.717) is 28.1 Å². The van der Waals surface area contributed by atoms with Crippen LogP contribution in [-0.4, -0.2) is 0 Å². The molecular weight excluding hydrogens is 289 g/mol. The number of ether oxygens (including phenoxy) is 1. The van der Waals surface area contributed by atoms with Gasteiger partial charge in [-0.3, -0.25) is 0 Å². The van der Waals surface area contributed by atoms with E-state index in [-0.39, 0.29) is 0 Å². The maximum absolute atomic E-state index is 5.93. The van der Waals surface area contributed by atoms with Crippen LogP contribution in [0.3, 0.4) is 0 Å². The first-order valence-electron chi connectivity index (χ1n) is 5.55. The molecule has 18 heavy (non-hydrogen) atoms. The van der Waals surface area contributed by atoms with Gasteiger partial charge >= 0.3 is 0 Å². The lowest BCUT2D eigenvalue weighted by atomic mass is 10.3. The Morgan fingerprint density at radius 1 is 1.17 bits per heavy atom. The van der Waals surface area contributed by atoms with Crippen molar-refractivity contribution in [2.24, 2.45) is 0 Å². The summed E-state index contributed by atoms with van der Waals surface area (Å²) in [4.78, 5) is 2.51. The fourth-order valence-electron chi connectivity index (χ4n) is 1.51. The van der Waals surface area contributed by atoms with Gasteiger partial charge in [-0.1, -0.05) is 30.1 Å². The molecule has 0 aliphatic rings. The van der Waals surface area contributed by atoms with Crippen molar-refractivity contribution >= 4 is 40.2 Å². The van der Waals surface area contributed by atoms with Gasteiger partial charge in [-0.2, -0.15) is 0 Å². The number of halogens is 2. The number of hydrogen-bond acceptors (Lipinski definition) is 3. The Morgan fingerprint density at radius 3 is 2.50 bits per heavy atom. The van der Waals surface area contributed by atoms with Crippen molar-refractivity contribution in [3.8, 4) is 5.75 Å². The lowest BCUT2D eigenvalue weighted by Crippen LogP contribution is -1.97. The van der Waals surface area contributed by atoms with Crippen molar-refractivity contribution in [3.63, 3.8) is 0 Å². The Bertz CT molecular complexity index is 554. The van der Waals surface area contributed by atoms with Crippen LogP contribution in [0.25, 0.3) is 0 Å². The van der Waals surface area contributed by atoms with E-state index in [4.69, 9.17) is 33.7 Å². The SMILES string of the molecule is CCc1ccc(COc2cc(Cl)c(Cl)cc2N)s1. The summed E-state index contributed by atoms with van der Waals surface area (Å²) in [7, 11) is 0. The second-order valence-electron chi connectivity index (χ2n) is 3.81. The van der Waals surface area contributed by atoms with E-state index < -0.39 is 0 Å². The Kier molecular flexibility index (Phi) is 4.38. The molecule has 1 heterocycles. The average molecular weight is 302 g/mol. The average Bonchev–Trinajstić information content (AvgIpc) is 2.80. The summed E-state index contributed by atoms with van der Waals surface area (Å²) in [5.41, 5.74) is 6.32. The van der Waals surface area contributed by atoms with Crippen LogP contribution >= 0.6 is 34.5 Å². The lowest BCUT2D eigenvalue weighted by Gasteiger charge is -2.09. The van der Waals surface area contributed by atoms with E-state index >= 15 is 0 Å². The van der Waals surface area contributed by atoms with Gasteiger partial charge in [0.05, 0.1) is 15.7 Å². The minimum absolute atomic E-state index is 0.436. The maximum Gasteiger partial charge on any atom is 0.144 e. The molecular formula is C13H13Cl2NOS. The van der Waals surface area contributed by atoms with Crippen LogP contribution in [0.5, 0.6) is 5.75 Å². The Hall–Kier alpha value is -0.900.